The van der Waals surface area contributed by atoms with Gasteiger partial charge in [0.25, 0.3) is 5.91 Å². The maximum absolute atomic E-state index is 12.5. The number of carbonyl (C=O) groups is 1. The molecule has 1 saturated carbocycles. The number of rotatable bonds is 3. The maximum atomic E-state index is 12.5. The monoisotopic (exact) mass is 263 g/mol. The van der Waals surface area contributed by atoms with Crippen LogP contribution in [0.5, 0.6) is 0 Å². The number of anilines is 1. The van der Waals surface area contributed by atoms with Crippen molar-refractivity contribution < 1.29 is 4.79 Å². The van der Waals surface area contributed by atoms with Crippen LogP contribution in [0.1, 0.15) is 69.4 Å². The minimum absolute atomic E-state index is 0.00481. The van der Waals surface area contributed by atoms with Gasteiger partial charge in [0.15, 0.2) is 0 Å². The third kappa shape index (κ3) is 3.11. The van der Waals surface area contributed by atoms with Crippen LogP contribution in [0.15, 0.2) is 12.3 Å². The van der Waals surface area contributed by atoms with Gasteiger partial charge < -0.3 is 15.6 Å². The van der Waals surface area contributed by atoms with E-state index in [1.807, 2.05) is 10.8 Å². The summed E-state index contributed by atoms with van der Waals surface area (Å²) in [5.41, 5.74) is 7.07. The van der Waals surface area contributed by atoms with Crippen molar-refractivity contribution in [3.63, 3.8) is 0 Å². The van der Waals surface area contributed by atoms with Crippen molar-refractivity contribution in [3.8, 4) is 0 Å². The van der Waals surface area contributed by atoms with E-state index in [0.717, 1.165) is 12.8 Å². The Hall–Kier alpha value is -1.45. The quantitative estimate of drug-likeness (QED) is 0.880. The van der Waals surface area contributed by atoms with Gasteiger partial charge in [0.1, 0.15) is 5.69 Å². The number of nitrogens with zero attached hydrogens (tertiary/aromatic N) is 1. The molecule has 0 aromatic carbocycles. The molecule has 1 heterocycles. The highest BCUT2D eigenvalue weighted by Crippen LogP contribution is 2.28. The van der Waals surface area contributed by atoms with E-state index in [0.29, 0.717) is 11.4 Å². The fourth-order valence-corrected chi connectivity index (χ4v) is 2.91. The van der Waals surface area contributed by atoms with Crippen molar-refractivity contribution in [1.82, 2.24) is 9.88 Å². The Morgan fingerprint density at radius 2 is 2.00 bits per heavy atom. The third-order valence-electron chi connectivity index (χ3n) is 4.03. The van der Waals surface area contributed by atoms with Crippen LogP contribution in [0.3, 0.4) is 0 Å². The van der Waals surface area contributed by atoms with E-state index in [4.69, 9.17) is 5.73 Å². The predicted octanol–water partition coefficient (Wildman–Crippen LogP) is 3.10. The Bertz CT molecular complexity index is 456. The van der Waals surface area contributed by atoms with Gasteiger partial charge in [0.05, 0.1) is 5.69 Å². The number of carbonyl (C=O) groups excluding carboxylic acids is 1. The Morgan fingerprint density at radius 1 is 1.37 bits per heavy atom. The minimum atomic E-state index is -0.0594. The summed E-state index contributed by atoms with van der Waals surface area (Å²) >= 11 is 0. The van der Waals surface area contributed by atoms with Crippen LogP contribution in [0.25, 0.3) is 0 Å². The molecule has 106 valence electrons. The molecule has 1 aromatic rings. The topological polar surface area (TPSA) is 60.0 Å². The van der Waals surface area contributed by atoms with Crippen LogP contribution in [-0.2, 0) is 0 Å². The lowest BCUT2D eigenvalue weighted by molar-refractivity contribution is 0.0871. The van der Waals surface area contributed by atoms with Gasteiger partial charge in [0, 0.05) is 17.8 Å². The molecule has 1 aliphatic carbocycles. The van der Waals surface area contributed by atoms with Gasteiger partial charge in [-0.1, -0.05) is 19.3 Å². The highest BCUT2D eigenvalue weighted by atomic mass is 16.2. The van der Waals surface area contributed by atoms with Crippen LogP contribution in [0.2, 0.25) is 0 Å². The van der Waals surface area contributed by atoms with Crippen molar-refractivity contribution in [2.45, 2.75) is 64.5 Å². The number of nitrogens with two attached hydrogens (primary N) is 1. The normalized spacial score (nSPS) is 18.5. The first-order valence-electron chi connectivity index (χ1n) is 7.21. The first-order valence-corrected chi connectivity index (χ1v) is 7.21. The largest absolute Gasteiger partial charge is 0.397 e. The Balaban J connectivity index is 2.15. The fourth-order valence-electron chi connectivity index (χ4n) is 2.91. The molecule has 0 radical (unpaired) electrons. The summed E-state index contributed by atoms with van der Waals surface area (Å²) in [7, 11) is 0. The molecule has 3 N–H and O–H groups in total. The maximum Gasteiger partial charge on any atom is 0.268 e. The average Bonchev–Trinajstić information content (AvgIpc) is 2.72. The zero-order valence-electron chi connectivity index (χ0n) is 12.2. The van der Waals surface area contributed by atoms with Gasteiger partial charge in [-0.25, -0.2) is 0 Å². The Morgan fingerprint density at radius 3 is 2.58 bits per heavy atom. The predicted molar refractivity (Wildman–Crippen MR) is 78.2 cm³/mol. The van der Waals surface area contributed by atoms with Gasteiger partial charge in [-0.05, 0) is 39.7 Å². The van der Waals surface area contributed by atoms with Crippen LogP contribution >= 0.6 is 0 Å². The van der Waals surface area contributed by atoms with Crippen LogP contribution in [0, 0.1) is 0 Å². The van der Waals surface area contributed by atoms with Gasteiger partial charge in [-0.15, -0.1) is 0 Å². The summed E-state index contributed by atoms with van der Waals surface area (Å²) < 4.78 is 1.94. The number of nitrogens with one attached hydrogen (secondary N) is 1. The van der Waals surface area contributed by atoms with E-state index in [1.165, 1.54) is 19.3 Å². The molecule has 2 rings (SSSR count). The molecule has 0 unspecified atom stereocenters. The zero-order chi connectivity index (χ0) is 14.0. The summed E-state index contributed by atoms with van der Waals surface area (Å²) in [6.45, 7) is 6.26. The van der Waals surface area contributed by atoms with Gasteiger partial charge in [-0.3, -0.25) is 4.79 Å². The van der Waals surface area contributed by atoms with E-state index in [2.05, 4.69) is 26.1 Å². The molecule has 0 aliphatic heterocycles. The lowest BCUT2D eigenvalue weighted by Crippen LogP contribution is -2.47. The molecule has 1 aliphatic rings. The summed E-state index contributed by atoms with van der Waals surface area (Å²) in [6, 6.07) is 2.00. The lowest BCUT2D eigenvalue weighted by atomic mass is 9.83. The SMILES string of the molecule is CC(C)n1cc(N)cc1C(=O)NC1(C)CCCCC1. The zero-order valence-corrected chi connectivity index (χ0v) is 12.2. The molecule has 1 aromatic heterocycles. The lowest BCUT2D eigenvalue weighted by Gasteiger charge is -2.34. The van der Waals surface area contributed by atoms with Gasteiger partial charge in [0.2, 0.25) is 0 Å². The van der Waals surface area contributed by atoms with Crippen molar-refractivity contribution in [1.29, 1.82) is 0 Å². The molecular weight excluding hydrogens is 238 g/mol. The summed E-state index contributed by atoms with van der Waals surface area (Å²) in [5, 5.41) is 3.20. The second-order valence-electron chi connectivity index (χ2n) is 6.24. The molecule has 0 bridgehead atoms. The molecule has 19 heavy (non-hydrogen) atoms. The highest BCUT2D eigenvalue weighted by Gasteiger charge is 2.29. The van der Waals surface area contributed by atoms with Gasteiger partial charge >= 0.3 is 0 Å². The highest BCUT2D eigenvalue weighted by molar-refractivity contribution is 5.94. The van der Waals surface area contributed by atoms with Crippen molar-refractivity contribution >= 4 is 11.6 Å². The van der Waals surface area contributed by atoms with E-state index in [9.17, 15) is 4.79 Å². The van der Waals surface area contributed by atoms with Crippen molar-refractivity contribution in [2.75, 3.05) is 5.73 Å². The fraction of sp³-hybridized carbons (Fsp3) is 0.667. The first-order chi connectivity index (χ1) is 8.91. The van der Waals surface area contributed by atoms with Crippen molar-refractivity contribution in [2.24, 2.45) is 0 Å². The molecular formula is C15H25N3O. The Labute approximate surface area is 115 Å². The van der Waals surface area contributed by atoms with E-state index < -0.39 is 0 Å². The van der Waals surface area contributed by atoms with E-state index in [1.54, 1.807) is 6.07 Å². The summed E-state index contributed by atoms with van der Waals surface area (Å²) in [6.07, 6.45) is 7.64. The molecule has 1 fully saturated rings. The third-order valence-corrected chi connectivity index (χ3v) is 4.03. The Kier molecular flexibility index (Phi) is 3.88. The van der Waals surface area contributed by atoms with Crippen LogP contribution in [-0.4, -0.2) is 16.0 Å². The minimum Gasteiger partial charge on any atom is -0.397 e. The molecule has 0 spiro atoms. The van der Waals surface area contributed by atoms with E-state index in [-0.39, 0.29) is 17.5 Å². The average molecular weight is 263 g/mol. The van der Waals surface area contributed by atoms with Crippen LogP contribution < -0.4 is 11.1 Å². The number of nitrogen functional groups attached to an aromatic ring is 1. The molecule has 0 atom stereocenters. The standard InChI is InChI=1S/C15H25N3O/c1-11(2)18-10-12(16)9-13(18)14(19)17-15(3)7-5-4-6-8-15/h9-11H,4-8,16H2,1-3H3,(H,17,19). The second kappa shape index (κ2) is 5.27. The van der Waals surface area contributed by atoms with Crippen molar-refractivity contribution in [3.05, 3.63) is 18.0 Å². The smallest absolute Gasteiger partial charge is 0.268 e. The number of amides is 1. The molecule has 4 nitrogen and oxygen atoms in total. The number of hydrogen-bond donors (Lipinski definition) is 2. The molecule has 4 heteroatoms. The number of aromatic nitrogens is 1. The van der Waals surface area contributed by atoms with Crippen LogP contribution in [0.4, 0.5) is 5.69 Å². The van der Waals surface area contributed by atoms with Gasteiger partial charge in [-0.2, -0.15) is 0 Å². The molecule has 1 amide bonds. The summed E-state index contributed by atoms with van der Waals surface area (Å²) in [5.74, 6) is -0.00481. The molecule has 0 saturated heterocycles. The first kappa shape index (κ1) is 14.0. The van der Waals surface area contributed by atoms with E-state index >= 15 is 0 Å². The number of hydrogen-bond acceptors (Lipinski definition) is 2. The summed E-state index contributed by atoms with van der Waals surface area (Å²) in [4.78, 5) is 12.5. The second-order valence-corrected chi connectivity index (χ2v) is 6.24.